The summed E-state index contributed by atoms with van der Waals surface area (Å²) in [6.07, 6.45) is 3.03. The SMILES string of the molecule is CCNc1nc(SC)ncc1F. The van der Waals surface area contributed by atoms with E-state index in [-0.39, 0.29) is 5.82 Å². The lowest BCUT2D eigenvalue weighted by Crippen LogP contribution is -2.03. The molecule has 1 heterocycles. The Balaban J connectivity index is 2.91. The summed E-state index contributed by atoms with van der Waals surface area (Å²) in [5.74, 6) is -0.133. The molecule has 5 heteroatoms. The topological polar surface area (TPSA) is 37.8 Å². The molecule has 0 radical (unpaired) electrons. The zero-order valence-electron chi connectivity index (χ0n) is 6.97. The van der Waals surface area contributed by atoms with E-state index >= 15 is 0 Å². The predicted molar refractivity (Wildman–Crippen MR) is 47.9 cm³/mol. The molecule has 0 aliphatic carbocycles. The largest absolute Gasteiger partial charge is 0.368 e. The highest BCUT2D eigenvalue weighted by Gasteiger charge is 2.03. The minimum Gasteiger partial charge on any atom is -0.368 e. The first-order valence-corrected chi connectivity index (χ1v) is 4.80. The Morgan fingerprint density at radius 2 is 2.42 bits per heavy atom. The fraction of sp³-hybridized carbons (Fsp3) is 0.429. The van der Waals surface area contributed by atoms with Crippen LogP contribution in [-0.2, 0) is 0 Å². The van der Waals surface area contributed by atoms with Gasteiger partial charge in [-0.1, -0.05) is 11.8 Å². The molecule has 0 atom stereocenters. The second kappa shape index (κ2) is 4.25. The van der Waals surface area contributed by atoms with Gasteiger partial charge in [0.05, 0.1) is 6.20 Å². The van der Waals surface area contributed by atoms with E-state index in [0.29, 0.717) is 11.7 Å². The number of thioether (sulfide) groups is 1. The second-order valence-electron chi connectivity index (χ2n) is 2.08. The summed E-state index contributed by atoms with van der Waals surface area (Å²) in [6.45, 7) is 2.54. The number of hydrogen-bond acceptors (Lipinski definition) is 4. The highest BCUT2D eigenvalue weighted by molar-refractivity contribution is 7.98. The summed E-state index contributed by atoms with van der Waals surface area (Å²) >= 11 is 1.39. The molecular formula is C7H10FN3S. The van der Waals surface area contributed by atoms with E-state index in [1.165, 1.54) is 18.0 Å². The molecule has 0 fully saturated rings. The molecule has 12 heavy (non-hydrogen) atoms. The molecule has 1 aromatic heterocycles. The van der Waals surface area contributed by atoms with Gasteiger partial charge >= 0.3 is 0 Å². The Hall–Kier alpha value is -0.840. The fourth-order valence-corrected chi connectivity index (χ4v) is 1.08. The maximum absolute atomic E-state index is 12.9. The lowest BCUT2D eigenvalue weighted by atomic mass is 10.5. The first kappa shape index (κ1) is 9.25. The van der Waals surface area contributed by atoms with Gasteiger partial charge in [-0.05, 0) is 13.2 Å². The van der Waals surface area contributed by atoms with E-state index in [9.17, 15) is 4.39 Å². The molecular weight excluding hydrogens is 177 g/mol. The molecule has 1 rings (SSSR count). The van der Waals surface area contributed by atoms with E-state index in [2.05, 4.69) is 15.3 Å². The summed E-state index contributed by atoms with van der Waals surface area (Å²) in [6, 6.07) is 0. The van der Waals surface area contributed by atoms with Crippen LogP contribution in [-0.4, -0.2) is 22.8 Å². The number of halogens is 1. The summed E-state index contributed by atoms with van der Waals surface area (Å²) in [7, 11) is 0. The van der Waals surface area contributed by atoms with Crippen molar-refractivity contribution in [1.29, 1.82) is 0 Å². The van der Waals surface area contributed by atoms with E-state index in [1.807, 2.05) is 13.2 Å². The molecule has 66 valence electrons. The highest BCUT2D eigenvalue weighted by atomic mass is 32.2. The third-order valence-corrected chi connectivity index (χ3v) is 1.81. The number of rotatable bonds is 3. The first-order chi connectivity index (χ1) is 5.77. The van der Waals surface area contributed by atoms with Gasteiger partial charge in [0.15, 0.2) is 16.8 Å². The monoisotopic (exact) mass is 187 g/mol. The third kappa shape index (κ3) is 2.07. The van der Waals surface area contributed by atoms with Crippen molar-refractivity contribution in [3.63, 3.8) is 0 Å². The normalized spacial score (nSPS) is 9.92. The van der Waals surface area contributed by atoms with Crippen LogP contribution < -0.4 is 5.32 Å². The van der Waals surface area contributed by atoms with Gasteiger partial charge in [-0.3, -0.25) is 0 Å². The van der Waals surface area contributed by atoms with Gasteiger partial charge in [-0.2, -0.15) is 0 Å². The van der Waals surface area contributed by atoms with E-state index < -0.39 is 5.82 Å². The first-order valence-electron chi connectivity index (χ1n) is 3.58. The standard InChI is InChI=1S/C7H10FN3S/c1-3-9-6-5(8)4-10-7(11-6)12-2/h4H,3H2,1-2H3,(H,9,10,11). The van der Waals surface area contributed by atoms with Gasteiger partial charge in [0.2, 0.25) is 0 Å². The average Bonchev–Trinajstić information content (AvgIpc) is 2.09. The molecule has 0 aromatic carbocycles. The lowest BCUT2D eigenvalue weighted by molar-refractivity contribution is 0.609. The molecule has 0 spiro atoms. The van der Waals surface area contributed by atoms with E-state index in [1.54, 1.807) is 0 Å². The predicted octanol–water partition coefficient (Wildman–Crippen LogP) is 1.77. The van der Waals surface area contributed by atoms with Gasteiger partial charge in [-0.15, -0.1) is 0 Å². The van der Waals surface area contributed by atoms with Gasteiger partial charge in [0, 0.05) is 6.54 Å². The van der Waals surface area contributed by atoms with Crippen LogP contribution in [0.1, 0.15) is 6.92 Å². The van der Waals surface area contributed by atoms with Crippen LogP contribution in [0.25, 0.3) is 0 Å². The quantitative estimate of drug-likeness (QED) is 0.578. The maximum Gasteiger partial charge on any atom is 0.189 e. The lowest BCUT2D eigenvalue weighted by Gasteiger charge is -2.03. The maximum atomic E-state index is 12.9. The van der Waals surface area contributed by atoms with Crippen molar-refractivity contribution < 1.29 is 4.39 Å². The molecule has 0 aliphatic rings. The summed E-state index contributed by atoms with van der Waals surface area (Å²) in [5.41, 5.74) is 0. The molecule has 3 nitrogen and oxygen atoms in total. The number of aromatic nitrogens is 2. The number of nitrogens with zero attached hydrogens (tertiary/aromatic N) is 2. The van der Waals surface area contributed by atoms with Gasteiger partial charge in [0.1, 0.15) is 0 Å². The number of anilines is 1. The van der Waals surface area contributed by atoms with Crippen LogP contribution in [0.3, 0.4) is 0 Å². The van der Waals surface area contributed by atoms with Crippen molar-refractivity contribution in [1.82, 2.24) is 9.97 Å². The Bertz CT molecular complexity index is 267. The van der Waals surface area contributed by atoms with Crippen LogP contribution in [0.2, 0.25) is 0 Å². The minimum atomic E-state index is -0.408. The van der Waals surface area contributed by atoms with Crippen LogP contribution in [0.4, 0.5) is 10.2 Å². The van der Waals surface area contributed by atoms with Crippen LogP contribution in [0.5, 0.6) is 0 Å². The highest BCUT2D eigenvalue weighted by Crippen LogP contribution is 2.14. The van der Waals surface area contributed by atoms with Gasteiger partial charge in [0.25, 0.3) is 0 Å². The Morgan fingerprint density at radius 3 is 3.00 bits per heavy atom. The van der Waals surface area contributed by atoms with Gasteiger partial charge < -0.3 is 5.32 Å². The third-order valence-electron chi connectivity index (χ3n) is 1.25. The summed E-state index contributed by atoms with van der Waals surface area (Å²) in [4.78, 5) is 7.72. The Kier molecular flexibility index (Phi) is 3.28. The van der Waals surface area contributed by atoms with Crippen LogP contribution in [0, 0.1) is 5.82 Å². The number of nitrogens with one attached hydrogen (secondary N) is 1. The van der Waals surface area contributed by atoms with Crippen molar-refractivity contribution in [2.24, 2.45) is 0 Å². The molecule has 0 saturated carbocycles. The Morgan fingerprint density at radius 1 is 1.67 bits per heavy atom. The van der Waals surface area contributed by atoms with Crippen LogP contribution >= 0.6 is 11.8 Å². The van der Waals surface area contributed by atoms with Crippen LogP contribution in [0.15, 0.2) is 11.4 Å². The molecule has 0 saturated heterocycles. The van der Waals surface area contributed by atoms with Gasteiger partial charge in [-0.25, -0.2) is 14.4 Å². The van der Waals surface area contributed by atoms with Crippen molar-refractivity contribution >= 4 is 17.6 Å². The number of hydrogen-bond donors (Lipinski definition) is 1. The molecule has 0 aliphatic heterocycles. The minimum absolute atomic E-state index is 0.275. The molecule has 0 amide bonds. The zero-order chi connectivity index (χ0) is 8.97. The summed E-state index contributed by atoms with van der Waals surface area (Å²) < 4.78 is 12.9. The van der Waals surface area contributed by atoms with E-state index in [4.69, 9.17) is 0 Å². The van der Waals surface area contributed by atoms with E-state index in [0.717, 1.165) is 0 Å². The van der Waals surface area contributed by atoms with Crippen molar-refractivity contribution in [3.05, 3.63) is 12.0 Å². The summed E-state index contributed by atoms with van der Waals surface area (Å²) in [5, 5.41) is 3.39. The smallest absolute Gasteiger partial charge is 0.189 e. The fourth-order valence-electron chi connectivity index (χ4n) is 0.741. The molecule has 0 bridgehead atoms. The Labute approximate surface area is 74.8 Å². The molecule has 1 N–H and O–H groups in total. The van der Waals surface area contributed by atoms with Crippen molar-refractivity contribution in [2.75, 3.05) is 18.1 Å². The van der Waals surface area contributed by atoms with Crippen molar-refractivity contribution in [2.45, 2.75) is 12.1 Å². The average molecular weight is 187 g/mol. The van der Waals surface area contributed by atoms with Crippen molar-refractivity contribution in [3.8, 4) is 0 Å². The second-order valence-corrected chi connectivity index (χ2v) is 2.86. The zero-order valence-corrected chi connectivity index (χ0v) is 7.78. The molecule has 1 aromatic rings. The molecule has 0 unspecified atom stereocenters.